The van der Waals surface area contributed by atoms with Crippen LogP contribution in [0.15, 0.2) is 25.3 Å². The Morgan fingerprint density at radius 3 is 2.23 bits per heavy atom. The van der Waals surface area contributed by atoms with E-state index in [0.29, 0.717) is 5.92 Å². The third kappa shape index (κ3) is 3.35. The molecular formula is C12H22O. The summed E-state index contributed by atoms with van der Waals surface area (Å²) in [5.41, 5.74) is -0.0457. The van der Waals surface area contributed by atoms with Gasteiger partial charge in [-0.25, -0.2) is 0 Å². The molecule has 1 heteroatoms. The number of ether oxygens (including phenoxy) is 1. The van der Waals surface area contributed by atoms with E-state index in [2.05, 4.69) is 27.0 Å². The van der Waals surface area contributed by atoms with Gasteiger partial charge in [0.2, 0.25) is 0 Å². The highest BCUT2D eigenvalue weighted by Crippen LogP contribution is 2.30. The first kappa shape index (κ1) is 12.4. The molecule has 1 atom stereocenters. The maximum absolute atomic E-state index is 5.62. The molecule has 0 bridgehead atoms. The van der Waals surface area contributed by atoms with Crippen LogP contribution in [0.1, 0.15) is 33.1 Å². The monoisotopic (exact) mass is 182 g/mol. The molecule has 76 valence electrons. The molecule has 0 aliphatic heterocycles. The van der Waals surface area contributed by atoms with Crippen LogP contribution in [0.4, 0.5) is 0 Å². The van der Waals surface area contributed by atoms with Gasteiger partial charge in [0.25, 0.3) is 0 Å². The summed E-state index contributed by atoms with van der Waals surface area (Å²) in [7, 11) is 1.78. The molecule has 0 heterocycles. The van der Waals surface area contributed by atoms with Gasteiger partial charge in [0.1, 0.15) is 0 Å². The van der Waals surface area contributed by atoms with Crippen molar-refractivity contribution in [2.45, 2.75) is 38.7 Å². The Morgan fingerprint density at radius 2 is 1.92 bits per heavy atom. The molecule has 0 aromatic heterocycles. The van der Waals surface area contributed by atoms with Crippen molar-refractivity contribution < 1.29 is 4.74 Å². The van der Waals surface area contributed by atoms with Crippen molar-refractivity contribution in [1.29, 1.82) is 0 Å². The van der Waals surface area contributed by atoms with Gasteiger partial charge >= 0.3 is 0 Å². The maximum atomic E-state index is 5.62. The zero-order chi connectivity index (χ0) is 10.3. The molecule has 0 fully saturated rings. The van der Waals surface area contributed by atoms with Crippen molar-refractivity contribution in [3.63, 3.8) is 0 Å². The van der Waals surface area contributed by atoms with Gasteiger partial charge in [-0.15, -0.1) is 13.2 Å². The van der Waals surface area contributed by atoms with E-state index in [0.717, 1.165) is 19.3 Å². The predicted molar refractivity (Wildman–Crippen MR) is 58.8 cm³/mol. The van der Waals surface area contributed by atoms with Gasteiger partial charge < -0.3 is 4.74 Å². The molecule has 0 N–H and O–H groups in total. The minimum absolute atomic E-state index is 0.0457. The molecule has 0 saturated heterocycles. The van der Waals surface area contributed by atoms with Crippen molar-refractivity contribution in [2.75, 3.05) is 7.11 Å². The molecule has 13 heavy (non-hydrogen) atoms. The molecule has 0 aliphatic carbocycles. The number of allylic oxidation sites excluding steroid dienone is 1. The second-order valence-electron chi connectivity index (χ2n) is 3.74. The highest BCUT2D eigenvalue weighted by molar-refractivity contribution is 4.92. The quantitative estimate of drug-likeness (QED) is 0.547. The largest absolute Gasteiger partial charge is 0.378 e. The third-order valence-corrected chi connectivity index (χ3v) is 2.72. The lowest BCUT2D eigenvalue weighted by Gasteiger charge is -2.35. The minimum atomic E-state index is -0.0457. The fourth-order valence-corrected chi connectivity index (χ4v) is 1.64. The fourth-order valence-electron chi connectivity index (χ4n) is 1.64. The van der Waals surface area contributed by atoms with E-state index < -0.39 is 0 Å². The Balaban J connectivity index is 4.42. The summed E-state index contributed by atoms with van der Waals surface area (Å²) in [5.74, 6) is 0.510. The van der Waals surface area contributed by atoms with Crippen molar-refractivity contribution >= 4 is 0 Å². The summed E-state index contributed by atoms with van der Waals surface area (Å²) < 4.78 is 5.62. The average molecular weight is 182 g/mol. The molecule has 0 amide bonds. The van der Waals surface area contributed by atoms with E-state index in [1.165, 1.54) is 0 Å². The SMILES string of the molecule is C=CCCC(CC=C)(OC)C(C)C. The average Bonchev–Trinajstić information content (AvgIpc) is 2.12. The number of methoxy groups -OCH3 is 1. The zero-order valence-corrected chi connectivity index (χ0v) is 9.18. The first-order valence-corrected chi connectivity index (χ1v) is 4.90. The van der Waals surface area contributed by atoms with Crippen LogP contribution in [0.2, 0.25) is 0 Å². The molecular weight excluding hydrogens is 160 g/mol. The van der Waals surface area contributed by atoms with Crippen LogP contribution in [0.3, 0.4) is 0 Å². The Morgan fingerprint density at radius 1 is 1.31 bits per heavy atom. The van der Waals surface area contributed by atoms with Crippen LogP contribution < -0.4 is 0 Å². The Labute approximate surface area is 82.5 Å². The highest BCUT2D eigenvalue weighted by atomic mass is 16.5. The van der Waals surface area contributed by atoms with Crippen LogP contribution in [0.25, 0.3) is 0 Å². The van der Waals surface area contributed by atoms with Crippen LogP contribution in [0, 0.1) is 5.92 Å². The van der Waals surface area contributed by atoms with Crippen molar-refractivity contribution in [1.82, 2.24) is 0 Å². The van der Waals surface area contributed by atoms with E-state index in [1.54, 1.807) is 7.11 Å². The van der Waals surface area contributed by atoms with Crippen molar-refractivity contribution in [3.8, 4) is 0 Å². The van der Waals surface area contributed by atoms with Crippen LogP contribution in [-0.4, -0.2) is 12.7 Å². The molecule has 1 unspecified atom stereocenters. The van der Waals surface area contributed by atoms with Crippen molar-refractivity contribution in [3.05, 3.63) is 25.3 Å². The summed E-state index contributed by atoms with van der Waals surface area (Å²) in [6, 6.07) is 0. The Kier molecular flexibility index (Phi) is 5.72. The van der Waals surface area contributed by atoms with Gasteiger partial charge in [-0.3, -0.25) is 0 Å². The summed E-state index contributed by atoms with van der Waals surface area (Å²) in [5, 5.41) is 0. The fraction of sp³-hybridized carbons (Fsp3) is 0.667. The van der Waals surface area contributed by atoms with Gasteiger partial charge in [0, 0.05) is 7.11 Å². The molecule has 0 saturated carbocycles. The molecule has 0 aromatic rings. The zero-order valence-electron chi connectivity index (χ0n) is 9.18. The van der Waals surface area contributed by atoms with Crippen molar-refractivity contribution in [2.24, 2.45) is 5.92 Å². The van der Waals surface area contributed by atoms with Crippen LogP contribution in [-0.2, 0) is 4.74 Å². The Bertz CT molecular complexity index is 161. The number of hydrogen-bond donors (Lipinski definition) is 0. The van der Waals surface area contributed by atoms with Gasteiger partial charge in [0.15, 0.2) is 0 Å². The number of hydrogen-bond acceptors (Lipinski definition) is 1. The first-order chi connectivity index (χ1) is 6.13. The van der Waals surface area contributed by atoms with Gasteiger partial charge in [-0.1, -0.05) is 26.0 Å². The smallest absolute Gasteiger partial charge is 0.0738 e. The van der Waals surface area contributed by atoms with E-state index in [4.69, 9.17) is 4.74 Å². The lowest BCUT2D eigenvalue weighted by Crippen LogP contribution is -2.36. The second-order valence-corrected chi connectivity index (χ2v) is 3.74. The first-order valence-electron chi connectivity index (χ1n) is 4.90. The summed E-state index contributed by atoms with van der Waals surface area (Å²) in [6.07, 6.45) is 6.82. The van der Waals surface area contributed by atoms with E-state index in [-0.39, 0.29) is 5.60 Å². The summed E-state index contributed by atoms with van der Waals surface area (Å²) in [4.78, 5) is 0. The van der Waals surface area contributed by atoms with Gasteiger partial charge in [-0.05, 0) is 25.2 Å². The van der Waals surface area contributed by atoms with Crippen LogP contribution in [0.5, 0.6) is 0 Å². The van der Waals surface area contributed by atoms with Crippen LogP contribution >= 0.6 is 0 Å². The lowest BCUT2D eigenvalue weighted by atomic mass is 9.83. The Hall–Kier alpha value is -0.560. The minimum Gasteiger partial charge on any atom is -0.378 e. The van der Waals surface area contributed by atoms with E-state index in [9.17, 15) is 0 Å². The predicted octanol–water partition coefficient (Wildman–Crippen LogP) is 3.57. The molecule has 0 radical (unpaired) electrons. The number of rotatable bonds is 7. The normalized spacial score (nSPS) is 15.4. The van der Waals surface area contributed by atoms with E-state index in [1.807, 2.05) is 12.2 Å². The highest BCUT2D eigenvalue weighted by Gasteiger charge is 2.31. The summed E-state index contributed by atoms with van der Waals surface area (Å²) >= 11 is 0. The molecule has 0 aromatic carbocycles. The molecule has 1 nitrogen and oxygen atoms in total. The molecule has 0 aliphatic rings. The lowest BCUT2D eigenvalue weighted by molar-refractivity contribution is -0.0511. The topological polar surface area (TPSA) is 9.23 Å². The van der Waals surface area contributed by atoms with Gasteiger partial charge in [-0.2, -0.15) is 0 Å². The van der Waals surface area contributed by atoms with Gasteiger partial charge in [0.05, 0.1) is 5.60 Å². The summed E-state index contributed by atoms with van der Waals surface area (Å²) in [6.45, 7) is 11.9. The molecule has 0 spiro atoms. The maximum Gasteiger partial charge on any atom is 0.0738 e. The standard InChI is InChI=1S/C12H22O/c1-6-8-10-12(13-5,9-7-2)11(3)4/h6-7,11H,1-2,8-10H2,3-5H3. The second kappa shape index (κ2) is 5.98. The molecule has 0 rings (SSSR count). The van der Waals surface area contributed by atoms with E-state index >= 15 is 0 Å². The third-order valence-electron chi connectivity index (χ3n) is 2.72.